The molecule has 0 aliphatic heterocycles. The SMILES string of the molecule is CC(C)(NC(=O)c1cccc(NN)c1[N+](=O)[O-])C(N)=O. The molecule has 0 fully saturated rings. The van der Waals surface area contributed by atoms with Crippen molar-refractivity contribution in [3.8, 4) is 0 Å². The van der Waals surface area contributed by atoms with Gasteiger partial charge in [-0.2, -0.15) is 0 Å². The summed E-state index contributed by atoms with van der Waals surface area (Å²) in [6.45, 7) is 2.79. The fourth-order valence-corrected chi connectivity index (χ4v) is 1.45. The van der Waals surface area contributed by atoms with Gasteiger partial charge in [0, 0.05) is 0 Å². The molecular formula is C11H15N5O4. The van der Waals surface area contributed by atoms with Crippen LogP contribution in [0.3, 0.4) is 0 Å². The van der Waals surface area contributed by atoms with Gasteiger partial charge in [0.15, 0.2) is 0 Å². The number of anilines is 1. The first-order valence-electron chi connectivity index (χ1n) is 5.57. The molecule has 0 bridgehead atoms. The third-order valence-electron chi connectivity index (χ3n) is 2.66. The van der Waals surface area contributed by atoms with E-state index in [9.17, 15) is 19.7 Å². The Balaban J connectivity index is 3.23. The Morgan fingerprint density at radius 1 is 1.35 bits per heavy atom. The molecule has 108 valence electrons. The van der Waals surface area contributed by atoms with Crippen LogP contribution in [0.15, 0.2) is 18.2 Å². The van der Waals surface area contributed by atoms with Crippen molar-refractivity contribution in [2.75, 3.05) is 5.43 Å². The fraction of sp³-hybridized carbons (Fsp3) is 0.273. The van der Waals surface area contributed by atoms with E-state index in [0.29, 0.717) is 0 Å². The van der Waals surface area contributed by atoms with Gasteiger partial charge in [-0.3, -0.25) is 25.5 Å². The van der Waals surface area contributed by atoms with Crippen LogP contribution in [0.5, 0.6) is 0 Å². The summed E-state index contributed by atoms with van der Waals surface area (Å²) in [6.07, 6.45) is 0. The lowest BCUT2D eigenvalue weighted by atomic mass is 10.0. The Bertz CT molecular complexity index is 570. The van der Waals surface area contributed by atoms with Gasteiger partial charge < -0.3 is 16.5 Å². The number of nitrogens with one attached hydrogen (secondary N) is 2. The quantitative estimate of drug-likeness (QED) is 0.335. The summed E-state index contributed by atoms with van der Waals surface area (Å²) in [6, 6.07) is 4.04. The predicted octanol–water partition coefficient (Wildman–Crippen LogP) is -0.126. The third-order valence-corrected chi connectivity index (χ3v) is 2.66. The van der Waals surface area contributed by atoms with Crippen LogP contribution in [0, 0.1) is 10.1 Å². The first-order valence-corrected chi connectivity index (χ1v) is 5.57. The molecule has 0 atom stereocenters. The van der Waals surface area contributed by atoms with E-state index in [2.05, 4.69) is 10.7 Å². The molecule has 0 aliphatic rings. The highest BCUT2D eigenvalue weighted by Crippen LogP contribution is 2.28. The largest absolute Gasteiger partial charge is 0.368 e. The van der Waals surface area contributed by atoms with Crippen LogP contribution in [-0.2, 0) is 4.79 Å². The van der Waals surface area contributed by atoms with Crippen LogP contribution in [0.4, 0.5) is 11.4 Å². The lowest BCUT2D eigenvalue weighted by Gasteiger charge is -2.22. The van der Waals surface area contributed by atoms with E-state index in [0.717, 1.165) is 0 Å². The van der Waals surface area contributed by atoms with Gasteiger partial charge in [0.25, 0.3) is 5.91 Å². The van der Waals surface area contributed by atoms with E-state index < -0.39 is 28.0 Å². The Morgan fingerprint density at radius 3 is 2.40 bits per heavy atom. The molecular weight excluding hydrogens is 266 g/mol. The highest BCUT2D eigenvalue weighted by molar-refractivity contribution is 6.03. The summed E-state index contributed by atoms with van der Waals surface area (Å²) in [5.74, 6) is 3.62. The number of carbonyl (C=O) groups is 2. The lowest BCUT2D eigenvalue weighted by molar-refractivity contribution is -0.384. The number of nitro benzene ring substituents is 1. The second-order valence-electron chi connectivity index (χ2n) is 4.55. The van der Waals surface area contributed by atoms with Crippen molar-refractivity contribution in [2.45, 2.75) is 19.4 Å². The number of nitrogens with two attached hydrogens (primary N) is 2. The Kier molecular flexibility index (Phi) is 4.25. The van der Waals surface area contributed by atoms with Crippen LogP contribution in [0.25, 0.3) is 0 Å². The number of benzene rings is 1. The maximum atomic E-state index is 12.1. The topological polar surface area (TPSA) is 153 Å². The van der Waals surface area contributed by atoms with Gasteiger partial charge >= 0.3 is 5.69 Å². The molecule has 0 heterocycles. The first kappa shape index (κ1) is 15.4. The van der Waals surface area contributed by atoms with E-state index in [4.69, 9.17) is 11.6 Å². The number of hydrogen-bond donors (Lipinski definition) is 4. The molecule has 2 amide bonds. The van der Waals surface area contributed by atoms with Gasteiger partial charge in [-0.1, -0.05) is 6.07 Å². The van der Waals surface area contributed by atoms with Crippen molar-refractivity contribution >= 4 is 23.2 Å². The molecule has 0 radical (unpaired) electrons. The molecule has 0 aliphatic carbocycles. The van der Waals surface area contributed by atoms with E-state index >= 15 is 0 Å². The third kappa shape index (κ3) is 3.01. The monoisotopic (exact) mass is 281 g/mol. The van der Waals surface area contributed by atoms with Crippen LogP contribution >= 0.6 is 0 Å². The number of rotatable bonds is 5. The van der Waals surface area contributed by atoms with Crippen molar-refractivity contribution in [3.05, 3.63) is 33.9 Å². The number of nitrogen functional groups attached to an aromatic ring is 1. The Morgan fingerprint density at radius 2 is 1.95 bits per heavy atom. The normalized spacial score (nSPS) is 10.8. The molecule has 9 heteroatoms. The van der Waals surface area contributed by atoms with Crippen LogP contribution in [0.2, 0.25) is 0 Å². The zero-order valence-corrected chi connectivity index (χ0v) is 11.0. The maximum Gasteiger partial charge on any atom is 0.306 e. The second kappa shape index (κ2) is 5.53. The number of hydrazine groups is 1. The molecule has 1 aromatic rings. The second-order valence-corrected chi connectivity index (χ2v) is 4.55. The van der Waals surface area contributed by atoms with E-state index in [1.807, 2.05) is 0 Å². The minimum atomic E-state index is -1.34. The molecule has 1 aromatic carbocycles. The lowest BCUT2D eigenvalue weighted by Crippen LogP contribution is -2.53. The number of primary amides is 1. The van der Waals surface area contributed by atoms with E-state index in [-0.39, 0.29) is 11.3 Å². The number of carbonyl (C=O) groups excluding carboxylic acids is 2. The van der Waals surface area contributed by atoms with Gasteiger partial charge in [-0.15, -0.1) is 0 Å². The summed E-state index contributed by atoms with van der Waals surface area (Å²) in [5, 5.41) is 13.4. The van der Waals surface area contributed by atoms with Crippen molar-refractivity contribution in [1.82, 2.24) is 5.32 Å². The van der Waals surface area contributed by atoms with E-state index in [1.165, 1.54) is 32.0 Å². The molecule has 0 saturated heterocycles. The molecule has 9 nitrogen and oxygen atoms in total. The molecule has 0 unspecified atom stereocenters. The predicted molar refractivity (Wildman–Crippen MR) is 71.6 cm³/mol. The summed E-state index contributed by atoms with van der Waals surface area (Å²) in [5.41, 5.74) is 5.22. The molecule has 20 heavy (non-hydrogen) atoms. The number of nitrogens with zero attached hydrogens (tertiary/aromatic N) is 1. The summed E-state index contributed by atoms with van der Waals surface area (Å²) in [4.78, 5) is 33.5. The minimum Gasteiger partial charge on any atom is -0.368 e. The minimum absolute atomic E-state index is 0.0143. The Labute approximate surface area is 114 Å². The van der Waals surface area contributed by atoms with E-state index in [1.54, 1.807) is 0 Å². The number of nitro groups is 1. The van der Waals surface area contributed by atoms with Gasteiger partial charge in [0.2, 0.25) is 5.91 Å². The number of amides is 2. The molecule has 0 saturated carbocycles. The van der Waals surface area contributed by atoms with Gasteiger partial charge in [0.1, 0.15) is 16.8 Å². The summed E-state index contributed by atoms with van der Waals surface area (Å²) < 4.78 is 0. The highest BCUT2D eigenvalue weighted by atomic mass is 16.6. The Hall–Kier alpha value is -2.68. The summed E-state index contributed by atoms with van der Waals surface area (Å²) >= 11 is 0. The molecule has 1 rings (SSSR count). The van der Waals surface area contributed by atoms with Crippen LogP contribution in [0.1, 0.15) is 24.2 Å². The number of hydrogen-bond acceptors (Lipinski definition) is 6. The van der Waals surface area contributed by atoms with Gasteiger partial charge in [-0.25, -0.2) is 0 Å². The van der Waals surface area contributed by atoms with Crippen molar-refractivity contribution in [2.24, 2.45) is 11.6 Å². The average molecular weight is 281 g/mol. The average Bonchev–Trinajstić information content (AvgIpc) is 2.36. The smallest absolute Gasteiger partial charge is 0.306 e. The highest BCUT2D eigenvalue weighted by Gasteiger charge is 2.31. The zero-order chi connectivity index (χ0) is 15.5. The molecule has 0 aromatic heterocycles. The number of para-hydroxylation sites is 1. The zero-order valence-electron chi connectivity index (χ0n) is 11.0. The van der Waals surface area contributed by atoms with Crippen molar-refractivity contribution in [3.63, 3.8) is 0 Å². The maximum absolute atomic E-state index is 12.1. The summed E-state index contributed by atoms with van der Waals surface area (Å²) in [7, 11) is 0. The van der Waals surface area contributed by atoms with Gasteiger partial charge in [-0.05, 0) is 26.0 Å². The molecule has 6 N–H and O–H groups in total. The fourth-order valence-electron chi connectivity index (χ4n) is 1.45. The van der Waals surface area contributed by atoms with Crippen molar-refractivity contribution < 1.29 is 14.5 Å². The first-order chi connectivity index (χ1) is 9.20. The van der Waals surface area contributed by atoms with Gasteiger partial charge in [0.05, 0.1) is 4.92 Å². The van der Waals surface area contributed by atoms with Crippen LogP contribution < -0.4 is 22.3 Å². The standard InChI is InChI=1S/C11H15N5O4/c1-11(2,10(12)18)14-9(17)6-4-3-5-7(15-13)8(6)16(19)20/h3-5,15H,13H2,1-2H3,(H2,12,18)(H,14,17). The molecule has 0 spiro atoms. The van der Waals surface area contributed by atoms with Crippen LogP contribution in [-0.4, -0.2) is 22.3 Å². The van der Waals surface area contributed by atoms with Crippen molar-refractivity contribution in [1.29, 1.82) is 0 Å².